The number of sulfonamides is 1. The molecule has 3 amide bonds. The summed E-state index contributed by atoms with van der Waals surface area (Å²) in [5, 5.41) is 4.84. The van der Waals surface area contributed by atoms with Crippen LogP contribution in [0.1, 0.15) is 52.3 Å². The molecule has 2 aromatic heterocycles. The van der Waals surface area contributed by atoms with Gasteiger partial charge in [-0.2, -0.15) is 4.31 Å². The van der Waals surface area contributed by atoms with Crippen LogP contribution in [0.25, 0.3) is 0 Å². The number of anilines is 1. The molecule has 2 aromatic rings. The first-order valence-electron chi connectivity index (χ1n) is 11.3. The summed E-state index contributed by atoms with van der Waals surface area (Å²) in [6, 6.07) is 2.97. The molecular weight excluding hydrogens is 566 g/mol. The van der Waals surface area contributed by atoms with Crippen molar-refractivity contribution < 1.29 is 37.1 Å². The summed E-state index contributed by atoms with van der Waals surface area (Å²) in [5.74, 6) is -2.47. The number of hydrogen-bond acceptors (Lipinski definition) is 10. The first-order chi connectivity index (χ1) is 17.5. The Kier molecular flexibility index (Phi) is 9.69. The lowest BCUT2D eigenvalue weighted by Crippen LogP contribution is -2.41. The van der Waals surface area contributed by atoms with Crippen molar-refractivity contribution in [3.8, 4) is 0 Å². The third-order valence-electron chi connectivity index (χ3n) is 5.53. The van der Waals surface area contributed by atoms with Crippen molar-refractivity contribution in [3.05, 3.63) is 32.5 Å². The van der Waals surface area contributed by atoms with Crippen LogP contribution in [0, 0.1) is 12.8 Å². The van der Waals surface area contributed by atoms with Crippen molar-refractivity contribution in [3.63, 3.8) is 0 Å². The van der Waals surface area contributed by atoms with E-state index >= 15 is 0 Å². The van der Waals surface area contributed by atoms with Crippen LogP contribution < -0.4 is 10.6 Å². The molecule has 15 heteroatoms. The maximum absolute atomic E-state index is 13.1. The summed E-state index contributed by atoms with van der Waals surface area (Å²) in [4.78, 5) is 50.2. The molecule has 1 aliphatic heterocycles. The molecule has 0 aliphatic carbocycles. The maximum Gasteiger partial charge on any atom is 0.414 e. The Bertz CT molecular complexity index is 1300. The lowest BCUT2D eigenvalue weighted by Gasteiger charge is -2.30. The zero-order valence-electron chi connectivity index (χ0n) is 20.3. The highest BCUT2D eigenvalue weighted by Crippen LogP contribution is 2.35. The van der Waals surface area contributed by atoms with Gasteiger partial charge < -0.3 is 14.8 Å². The Morgan fingerprint density at radius 1 is 1.08 bits per heavy atom. The third kappa shape index (κ3) is 6.68. The molecule has 11 nitrogen and oxygen atoms in total. The van der Waals surface area contributed by atoms with Crippen molar-refractivity contribution in [1.29, 1.82) is 0 Å². The van der Waals surface area contributed by atoms with Crippen molar-refractivity contribution in [2.24, 2.45) is 5.92 Å². The molecule has 37 heavy (non-hydrogen) atoms. The second kappa shape index (κ2) is 12.3. The molecule has 0 bridgehead atoms. The van der Waals surface area contributed by atoms with Gasteiger partial charge in [0.25, 0.3) is 15.9 Å². The first-order valence-corrected chi connectivity index (χ1v) is 14.8. The number of esters is 1. The Balaban J connectivity index is 1.76. The van der Waals surface area contributed by atoms with Gasteiger partial charge in [0.15, 0.2) is 0 Å². The van der Waals surface area contributed by atoms with Crippen LogP contribution in [0.3, 0.4) is 0 Å². The molecule has 3 rings (SSSR count). The number of amides is 3. The van der Waals surface area contributed by atoms with Gasteiger partial charge in [-0.05, 0) is 51.3 Å². The van der Waals surface area contributed by atoms with E-state index in [0.29, 0.717) is 4.34 Å². The molecule has 0 aromatic carbocycles. The highest BCUT2D eigenvalue weighted by atomic mass is 35.5. The second-order valence-electron chi connectivity index (χ2n) is 7.88. The predicted octanol–water partition coefficient (Wildman–Crippen LogP) is 3.87. The summed E-state index contributed by atoms with van der Waals surface area (Å²) in [6.45, 7) is 5.15. The summed E-state index contributed by atoms with van der Waals surface area (Å²) in [5.41, 5.74) is 0.195. The van der Waals surface area contributed by atoms with E-state index in [1.165, 1.54) is 23.4 Å². The van der Waals surface area contributed by atoms with Crippen LogP contribution in [0.15, 0.2) is 16.3 Å². The molecule has 1 fully saturated rings. The Morgan fingerprint density at radius 3 is 2.30 bits per heavy atom. The van der Waals surface area contributed by atoms with Gasteiger partial charge in [0.05, 0.1) is 23.1 Å². The molecule has 2 N–H and O–H groups in total. The summed E-state index contributed by atoms with van der Waals surface area (Å²) >= 11 is 7.71. The largest absolute Gasteiger partial charge is 0.462 e. The fourth-order valence-corrected chi connectivity index (χ4v) is 7.93. The number of rotatable bonds is 8. The lowest BCUT2D eigenvalue weighted by molar-refractivity contribution is -0.120. The Labute approximate surface area is 227 Å². The summed E-state index contributed by atoms with van der Waals surface area (Å²) in [7, 11) is -3.71. The normalized spacial score (nSPS) is 14.7. The molecule has 0 unspecified atom stereocenters. The van der Waals surface area contributed by atoms with E-state index in [4.69, 9.17) is 21.1 Å². The molecule has 0 spiro atoms. The number of nitrogens with one attached hydrogen (secondary N) is 2. The van der Waals surface area contributed by atoms with Crippen molar-refractivity contribution in [1.82, 2.24) is 9.62 Å². The number of halogens is 1. The molecule has 1 saturated heterocycles. The van der Waals surface area contributed by atoms with Gasteiger partial charge in [-0.1, -0.05) is 11.6 Å². The van der Waals surface area contributed by atoms with Crippen LogP contribution in [-0.2, 0) is 24.3 Å². The average Bonchev–Trinajstić information content (AvgIpc) is 3.43. The molecule has 0 saturated carbocycles. The number of nitrogens with zero attached hydrogens (tertiary/aromatic N) is 1. The quantitative estimate of drug-likeness (QED) is 0.439. The van der Waals surface area contributed by atoms with E-state index < -0.39 is 39.8 Å². The fraction of sp³-hybridized carbons (Fsp3) is 0.455. The van der Waals surface area contributed by atoms with E-state index in [2.05, 4.69) is 10.6 Å². The van der Waals surface area contributed by atoms with Gasteiger partial charge in [0, 0.05) is 19.0 Å². The monoisotopic (exact) mass is 591 g/mol. The number of imide groups is 1. The average molecular weight is 592 g/mol. The predicted molar refractivity (Wildman–Crippen MR) is 139 cm³/mol. The van der Waals surface area contributed by atoms with Gasteiger partial charge in [-0.15, -0.1) is 22.7 Å². The highest BCUT2D eigenvalue weighted by molar-refractivity contribution is 7.91. The number of carbonyl (C=O) groups is 4. The molecule has 202 valence electrons. The van der Waals surface area contributed by atoms with Crippen molar-refractivity contribution >= 4 is 73.2 Å². The van der Waals surface area contributed by atoms with E-state index in [1.807, 2.05) is 0 Å². The van der Waals surface area contributed by atoms with Gasteiger partial charge in [-0.25, -0.2) is 18.0 Å². The molecule has 0 radical (unpaired) electrons. The van der Waals surface area contributed by atoms with Gasteiger partial charge in [0.1, 0.15) is 14.1 Å². The van der Waals surface area contributed by atoms with Crippen molar-refractivity contribution in [2.45, 2.75) is 37.8 Å². The number of hydrogen-bond donors (Lipinski definition) is 2. The Hall–Kier alpha value is -2.52. The van der Waals surface area contributed by atoms with E-state index in [0.717, 1.165) is 22.7 Å². The van der Waals surface area contributed by atoms with Gasteiger partial charge >= 0.3 is 12.1 Å². The summed E-state index contributed by atoms with van der Waals surface area (Å²) < 4.78 is 37.3. The van der Waals surface area contributed by atoms with Crippen molar-refractivity contribution in [2.75, 3.05) is 31.6 Å². The Morgan fingerprint density at radius 2 is 1.73 bits per heavy atom. The fourth-order valence-electron chi connectivity index (χ4n) is 3.72. The maximum atomic E-state index is 13.1. The smallest absolute Gasteiger partial charge is 0.414 e. The number of ether oxygens (including phenoxy) is 2. The zero-order valence-corrected chi connectivity index (χ0v) is 23.5. The molecule has 1 aliphatic rings. The van der Waals surface area contributed by atoms with Crippen LogP contribution in [0.4, 0.5) is 9.80 Å². The third-order valence-corrected chi connectivity index (χ3v) is 10.3. The van der Waals surface area contributed by atoms with Gasteiger partial charge in [0.2, 0.25) is 5.91 Å². The van der Waals surface area contributed by atoms with Crippen LogP contribution in [0.5, 0.6) is 0 Å². The number of alkyl carbamates (subject to hydrolysis) is 1. The summed E-state index contributed by atoms with van der Waals surface area (Å²) in [6.07, 6.45) is -0.457. The van der Waals surface area contributed by atoms with E-state index in [9.17, 15) is 27.6 Å². The number of carbonyl (C=O) groups excluding carboxylic acids is 4. The molecule has 3 heterocycles. The minimum Gasteiger partial charge on any atom is -0.462 e. The SMILES string of the molecule is CCOC(=O)NC(=O)c1c(NC(=O)C2CCN(S(=O)(=O)c3ccc(Cl)s3)CC2)sc(C(=O)OCC)c1C. The van der Waals surface area contributed by atoms with Crippen LogP contribution >= 0.6 is 34.3 Å². The minimum atomic E-state index is -3.71. The van der Waals surface area contributed by atoms with Crippen LogP contribution in [0.2, 0.25) is 4.34 Å². The molecule has 0 atom stereocenters. The standard InChI is InChI=1S/C22H26ClN3O8S3/c1-4-33-21(29)17-12(3)16(19(28)25-22(30)34-5-2)20(36-17)24-18(27)13-8-10-26(11-9-13)37(31,32)15-7-6-14(23)35-15/h6-7,13H,4-5,8-11H2,1-3H3,(H,24,27)(H,25,28,30). The topological polar surface area (TPSA) is 148 Å². The van der Waals surface area contributed by atoms with Crippen LogP contribution in [-0.4, -0.2) is 62.9 Å². The number of piperidine rings is 1. The van der Waals surface area contributed by atoms with Gasteiger partial charge in [-0.3, -0.25) is 14.9 Å². The molecular formula is C22H26ClN3O8S3. The number of thiophene rings is 2. The first kappa shape index (κ1) is 29.0. The zero-order chi connectivity index (χ0) is 27.3. The second-order valence-corrected chi connectivity index (χ2v) is 12.8. The van der Waals surface area contributed by atoms with E-state index in [-0.39, 0.29) is 64.4 Å². The lowest BCUT2D eigenvalue weighted by atomic mass is 9.97. The van der Waals surface area contributed by atoms with E-state index in [1.54, 1.807) is 13.8 Å². The highest BCUT2D eigenvalue weighted by Gasteiger charge is 2.34. The minimum absolute atomic E-state index is 0.0490.